The van der Waals surface area contributed by atoms with Crippen molar-refractivity contribution in [1.29, 1.82) is 0 Å². The highest BCUT2D eigenvalue weighted by molar-refractivity contribution is 6.47. The van der Waals surface area contributed by atoms with E-state index in [0.717, 1.165) is 6.42 Å². The molecule has 0 aliphatic carbocycles. The number of hydrogen-bond acceptors (Lipinski definition) is 6. The van der Waals surface area contributed by atoms with Gasteiger partial charge in [-0.3, -0.25) is 9.59 Å². The predicted octanol–water partition coefficient (Wildman–Crippen LogP) is 4.59. The lowest BCUT2D eigenvalue weighted by molar-refractivity contribution is -0.139. The van der Waals surface area contributed by atoms with Crippen molar-refractivity contribution < 1.29 is 28.9 Å². The van der Waals surface area contributed by atoms with Crippen molar-refractivity contribution in [2.75, 3.05) is 27.9 Å². The highest BCUT2D eigenvalue weighted by atomic mass is 35.5. The normalized spacial score (nSPS) is 17.5. The second-order valence-corrected chi connectivity index (χ2v) is 7.71. The molecule has 0 bridgehead atoms. The molecule has 0 spiro atoms. The first kappa shape index (κ1) is 23.5. The Balaban J connectivity index is 2.24. The Labute approximate surface area is 192 Å². The van der Waals surface area contributed by atoms with Crippen molar-refractivity contribution in [3.8, 4) is 17.2 Å². The first-order chi connectivity index (χ1) is 15.4. The molecular formula is C24H26ClNO6. The number of ether oxygens (including phenoxy) is 3. The van der Waals surface area contributed by atoms with Gasteiger partial charge >= 0.3 is 0 Å². The number of aliphatic hydroxyl groups excluding tert-OH is 1. The summed E-state index contributed by atoms with van der Waals surface area (Å²) in [5, 5.41) is 11.4. The maximum atomic E-state index is 13.1. The largest absolute Gasteiger partial charge is 0.507 e. The molecule has 1 fully saturated rings. The molecule has 170 valence electrons. The summed E-state index contributed by atoms with van der Waals surface area (Å²) in [6.07, 6.45) is 1.54. The van der Waals surface area contributed by atoms with Crippen LogP contribution in [-0.2, 0) is 9.59 Å². The van der Waals surface area contributed by atoms with Gasteiger partial charge in [-0.2, -0.15) is 0 Å². The van der Waals surface area contributed by atoms with Crippen LogP contribution in [-0.4, -0.2) is 49.6 Å². The van der Waals surface area contributed by atoms with Crippen molar-refractivity contribution in [1.82, 2.24) is 4.90 Å². The number of unbranched alkanes of at least 4 members (excludes halogenated alkanes) is 1. The van der Waals surface area contributed by atoms with Gasteiger partial charge in [-0.1, -0.05) is 31.0 Å². The van der Waals surface area contributed by atoms with Gasteiger partial charge in [0.15, 0.2) is 11.5 Å². The predicted molar refractivity (Wildman–Crippen MR) is 121 cm³/mol. The van der Waals surface area contributed by atoms with E-state index in [1.54, 1.807) is 30.3 Å². The van der Waals surface area contributed by atoms with E-state index >= 15 is 0 Å². The van der Waals surface area contributed by atoms with Crippen molar-refractivity contribution in [3.05, 3.63) is 58.1 Å². The number of hydrogen-bond donors (Lipinski definition) is 1. The maximum Gasteiger partial charge on any atom is 0.295 e. The van der Waals surface area contributed by atoms with Crippen molar-refractivity contribution >= 4 is 29.1 Å². The summed E-state index contributed by atoms with van der Waals surface area (Å²) in [5.74, 6) is -0.371. The van der Waals surface area contributed by atoms with Gasteiger partial charge in [-0.25, -0.2) is 0 Å². The number of nitrogens with zero attached hydrogens (tertiary/aromatic N) is 1. The van der Waals surface area contributed by atoms with E-state index < -0.39 is 17.7 Å². The maximum absolute atomic E-state index is 13.1. The molecule has 7 nitrogen and oxygen atoms in total. The summed E-state index contributed by atoms with van der Waals surface area (Å²) in [6, 6.07) is 9.09. The van der Waals surface area contributed by atoms with E-state index in [0.29, 0.717) is 35.8 Å². The van der Waals surface area contributed by atoms with Gasteiger partial charge in [0.1, 0.15) is 11.5 Å². The van der Waals surface area contributed by atoms with Gasteiger partial charge in [0, 0.05) is 12.1 Å². The number of likely N-dealkylation sites (tertiary alicyclic amines) is 1. The van der Waals surface area contributed by atoms with E-state index in [9.17, 15) is 14.7 Å². The monoisotopic (exact) mass is 459 g/mol. The molecule has 1 saturated heterocycles. The smallest absolute Gasteiger partial charge is 0.295 e. The van der Waals surface area contributed by atoms with Crippen LogP contribution in [0.5, 0.6) is 17.2 Å². The topological polar surface area (TPSA) is 85.3 Å². The molecular weight excluding hydrogens is 434 g/mol. The molecule has 3 rings (SSSR count). The SMILES string of the molecule is CCCCN1C(=O)C(=O)/C(=C(/O)c2cc(OC)ccc2Cl)C1c1ccc(OC)c(OC)c1. The van der Waals surface area contributed by atoms with Gasteiger partial charge in [0.2, 0.25) is 0 Å². The third-order valence-corrected chi connectivity index (χ3v) is 5.77. The lowest BCUT2D eigenvalue weighted by atomic mass is 9.94. The lowest BCUT2D eigenvalue weighted by Gasteiger charge is -2.26. The van der Waals surface area contributed by atoms with Crippen molar-refractivity contribution in [2.24, 2.45) is 0 Å². The Morgan fingerprint density at radius 2 is 1.75 bits per heavy atom. The van der Waals surface area contributed by atoms with Gasteiger partial charge in [-0.05, 0) is 42.3 Å². The minimum atomic E-state index is -0.802. The Hall–Kier alpha value is -3.19. The summed E-state index contributed by atoms with van der Waals surface area (Å²) in [6.45, 7) is 2.36. The molecule has 0 radical (unpaired) electrons. The van der Waals surface area contributed by atoms with Crippen LogP contribution < -0.4 is 14.2 Å². The van der Waals surface area contributed by atoms with Crippen LogP contribution >= 0.6 is 11.6 Å². The van der Waals surface area contributed by atoms with E-state index in [1.807, 2.05) is 6.92 Å². The molecule has 1 N–H and O–H groups in total. The van der Waals surface area contributed by atoms with Crippen LogP contribution in [0.1, 0.15) is 36.9 Å². The van der Waals surface area contributed by atoms with Crippen molar-refractivity contribution in [2.45, 2.75) is 25.8 Å². The molecule has 32 heavy (non-hydrogen) atoms. The minimum Gasteiger partial charge on any atom is -0.507 e. The van der Waals surface area contributed by atoms with Gasteiger partial charge in [0.05, 0.1) is 38.0 Å². The standard InChI is InChI=1S/C24H26ClNO6/c1-5-6-11-26-21(14-7-10-18(31-3)19(12-14)32-4)20(23(28)24(26)29)22(27)16-13-15(30-2)8-9-17(16)25/h7-10,12-13,21,27H,5-6,11H2,1-4H3/b22-20+. The molecule has 0 aromatic heterocycles. The number of carbonyl (C=O) groups excluding carboxylic acids is 2. The second-order valence-electron chi connectivity index (χ2n) is 7.31. The van der Waals surface area contributed by atoms with Crippen LogP contribution in [0, 0.1) is 0 Å². The van der Waals surface area contributed by atoms with E-state index in [1.165, 1.54) is 32.3 Å². The van der Waals surface area contributed by atoms with E-state index in [4.69, 9.17) is 25.8 Å². The average molecular weight is 460 g/mol. The Morgan fingerprint density at radius 3 is 2.38 bits per heavy atom. The average Bonchev–Trinajstić information content (AvgIpc) is 3.06. The summed E-state index contributed by atoms with van der Waals surface area (Å²) in [4.78, 5) is 27.5. The minimum absolute atomic E-state index is 0.0338. The number of aliphatic hydroxyl groups is 1. The number of methoxy groups -OCH3 is 3. The molecule has 2 aromatic rings. The number of halogens is 1. The second kappa shape index (κ2) is 9.96. The van der Waals surface area contributed by atoms with E-state index in [2.05, 4.69) is 0 Å². The van der Waals surface area contributed by atoms with Crippen LogP contribution in [0.25, 0.3) is 5.76 Å². The fourth-order valence-electron chi connectivity index (χ4n) is 3.77. The molecule has 1 aliphatic rings. The highest BCUT2D eigenvalue weighted by Crippen LogP contribution is 2.43. The number of Topliss-reactive ketones (excluding diaryl/α,β-unsaturated/α-hetero) is 1. The fourth-order valence-corrected chi connectivity index (χ4v) is 3.97. The molecule has 0 saturated carbocycles. The zero-order chi connectivity index (χ0) is 23.4. The third-order valence-electron chi connectivity index (χ3n) is 5.44. The van der Waals surface area contributed by atoms with Crippen LogP contribution in [0.2, 0.25) is 5.02 Å². The van der Waals surface area contributed by atoms with Crippen molar-refractivity contribution in [3.63, 3.8) is 0 Å². The fraction of sp³-hybridized carbons (Fsp3) is 0.333. The highest BCUT2D eigenvalue weighted by Gasteiger charge is 2.46. The number of ketones is 1. The number of benzene rings is 2. The quantitative estimate of drug-likeness (QED) is 0.353. The Bertz CT molecular complexity index is 1060. The van der Waals surface area contributed by atoms with Gasteiger partial charge < -0.3 is 24.2 Å². The zero-order valence-corrected chi connectivity index (χ0v) is 19.2. The lowest BCUT2D eigenvalue weighted by Crippen LogP contribution is -2.30. The number of rotatable bonds is 8. The Morgan fingerprint density at radius 1 is 1.03 bits per heavy atom. The summed E-state index contributed by atoms with van der Waals surface area (Å²) in [7, 11) is 4.52. The van der Waals surface area contributed by atoms with E-state index in [-0.39, 0.29) is 21.9 Å². The van der Waals surface area contributed by atoms with Crippen LogP contribution in [0.3, 0.4) is 0 Å². The molecule has 8 heteroatoms. The first-order valence-electron chi connectivity index (χ1n) is 10.2. The molecule has 2 aromatic carbocycles. The first-order valence-corrected chi connectivity index (χ1v) is 10.6. The number of amides is 1. The summed E-state index contributed by atoms with van der Waals surface area (Å²) < 4.78 is 15.9. The zero-order valence-electron chi connectivity index (χ0n) is 18.5. The molecule has 1 aliphatic heterocycles. The molecule has 1 heterocycles. The van der Waals surface area contributed by atoms with Gasteiger partial charge in [0.25, 0.3) is 11.7 Å². The third kappa shape index (κ3) is 4.25. The molecule has 1 atom stereocenters. The Kier molecular flexibility index (Phi) is 7.30. The number of carbonyl (C=O) groups is 2. The molecule has 1 amide bonds. The van der Waals surface area contributed by atoms with Crippen LogP contribution in [0.4, 0.5) is 0 Å². The van der Waals surface area contributed by atoms with Gasteiger partial charge in [-0.15, -0.1) is 0 Å². The molecule has 1 unspecified atom stereocenters. The summed E-state index contributed by atoms with van der Waals surface area (Å²) in [5.41, 5.74) is 0.789. The van der Waals surface area contributed by atoms with Crippen LogP contribution in [0.15, 0.2) is 42.0 Å². The summed E-state index contributed by atoms with van der Waals surface area (Å²) >= 11 is 6.32.